The van der Waals surface area contributed by atoms with Crippen molar-refractivity contribution in [2.75, 3.05) is 6.61 Å². The Morgan fingerprint density at radius 1 is 1.33 bits per heavy atom. The number of nitrogens with zero attached hydrogens (tertiary/aromatic N) is 1. The summed E-state index contributed by atoms with van der Waals surface area (Å²) < 4.78 is 6.96. The number of benzene rings is 1. The van der Waals surface area contributed by atoms with Gasteiger partial charge in [-0.1, -0.05) is 18.2 Å². The van der Waals surface area contributed by atoms with Crippen LogP contribution >= 0.6 is 11.3 Å². The minimum atomic E-state index is -0.114. The van der Waals surface area contributed by atoms with Crippen LogP contribution in [0.3, 0.4) is 0 Å². The number of rotatable bonds is 3. The van der Waals surface area contributed by atoms with Gasteiger partial charge in [0.25, 0.3) is 0 Å². The van der Waals surface area contributed by atoms with E-state index in [1.807, 2.05) is 12.3 Å². The standard InChI is InChI=1S/C16H15N3OS/c17-19-15(11-8-14-13(18-9-11)5-7-21-14)12-3-1-2-10-4-6-20-16(10)12/h1-3,5,7-9,15,19H,4,6,17H2. The summed E-state index contributed by atoms with van der Waals surface area (Å²) in [6.45, 7) is 0.742. The molecule has 0 bridgehead atoms. The number of hydrazine groups is 1. The van der Waals surface area contributed by atoms with E-state index < -0.39 is 0 Å². The minimum Gasteiger partial charge on any atom is -0.493 e. The quantitative estimate of drug-likeness (QED) is 0.576. The average molecular weight is 297 g/mol. The Labute approximate surface area is 126 Å². The summed E-state index contributed by atoms with van der Waals surface area (Å²) in [5.74, 6) is 6.78. The molecular formula is C16H15N3OS. The summed E-state index contributed by atoms with van der Waals surface area (Å²) in [7, 11) is 0. The summed E-state index contributed by atoms with van der Waals surface area (Å²) >= 11 is 1.69. The summed E-state index contributed by atoms with van der Waals surface area (Å²) in [6.07, 6.45) is 2.84. The molecule has 1 aliphatic rings. The number of hydrogen-bond donors (Lipinski definition) is 2. The van der Waals surface area contributed by atoms with Crippen molar-refractivity contribution >= 4 is 21.6 Å². The highest BCUT2D eigenvalue weighted by molar-refractivity contribution is 7.17. The molecule has 4 nitrogen and oxygen atoms in total. The Morgan fingerprint density at radius 3 is 3.19 bits per heavy atom. The van der Waals surface area contributed by atoms with Crippen molar-refractivity contribution in [3.05, 3.63) is 58.6 Å². The van der Waals surface area contributed by atoms with Gasteiger partial charge in [-0.05, 0) is 28.6 Å². The number of fused-ring (bicyclic) bond motifs is 2. The molecule has 0 saturated heterocycles. The van der Waals surface area contributed by atoms with Crippen molar-refractivity contribution < 1.29 is 4.74 Å². The fourth-order valence-electron chi connectivity index (χ4n) is 2.85. The first-order chi connectivity index (χ1) is 10.4. The third-order valence-corrected chi connectivity index (χ3v) is 4.73. The van der Waals surface area contributed by atoms with Gasteiger partial charge >= 0.3 is 0 Å². The molecular weight excluding hydrogens is 282 g/mol. The first-order valence-electron chi connectivity index (χ1n) is 6.90. The number of nitrogens with two attached hydrogens (primary N) is 1. The molecule has 1 atom stereocenters. The van der Waals surface area contributed by atoms with Crippen molar-refractivity contribution in [1.29, 1.82) is 0 Å². The van der Waals surface area contributed by atoms with Crippen LogP contribution in [0.25, 0.3) is 10.2 Å². The average Bonchev–Trinajstić information content (AvgIpc) is 3.16. The zero-order valence-electron chi connectivity index (χ0n) is 11.4. The maximum absolute atomic E-state index is 5.82. The van der Waals surface area contributed by atoms with Gasteiger partial charge in [-0.15, -0.1) is 11.3 Å². The molecule has 4 rings (SSSR count). The van der Waals surface area contributed by atoms with Gasteiger partial charge in [0.1, 0.15) is 5.75 Å². The van der Waals surface area contributed by atoms with E-state index in [9.17, 15) is 0 Å². The lowest BCUT2D eigenvalue weighted by molar-refractivity contribution is 0.350. The van der Waals surface area contributed by atoms with Gasteiger partial charge in [0, 0.05) is 18.2 Å². The molecule has 0 spiro atoms. The molecule has 21 heavy (non-hydrogen) atoms. The van der Waals surface area contributed by atoms with Crippen LogP contribution in [0, 0.1) is 0 Å². The van der Waals surface area contributed by atoms with Crippen LogP contribution in [-0.4, -0.2) is 11.6 Å². The lowest BCUT2D eigenvalue weighted by Crippen LogP contribution is -2.29. The van der Waals surface area contributed by atoms with Gasteiger partial charge in [0.05, 0.1) is 22.9 Å². The third-order valence-electron chi connectivity index (χ3n) is 3.88. The first kappa shape index (κ1) is 12.8. The highest BCUT2D eigenvalue weighted by atomic mass is 32.1. The van der Waals surface area contributed by atoms with E-state index in [2.05, 4.69) is 40.1 Å². The summed E-state index contributed by atoms with van der Waals surface area (Å²) in [4.78, 5) is 4.50. The van der Waals surface area contributed by atoms with E-state index in [1.165, 1.54) is 10.3 Å². The van der Waals surface area contributed by atoms with Crippen LogP contribution < -0.4 is 16.0 Å². The van der Waals surface area contributed by atoms with Crippen molar-refractivity contribution in [1.82, 2.24) is 10.4 Å². The Balaban J connectivity index is 1.82. The maximum Gasteiger partial charge on any atom is 0.127 e. The SMILES string of the molecule is NNC(c1cnc2ccsc2c1)c1cccc2c1OCC2. The van der Waals surface area contributed by atoms with Gasteiger partial charge in [-0.3, -0.25) is 10.8 Å². The Bertz CT molecular complexity index is 799. The number of thiophene rings is 1. The fourth-order valence-corrected chi connectivity index (χ4v) is 3.64. The van der Waals surface area contributed by atoms with Crippen LogP contribution in [0.5, 0.6) is 5.75 Å². The summed E-state index contributed by atoms with van der Waals surface area (Å²) in [6, 6.07) is 10.3. The van der Waals surface area contributed by atoms with E-state index >= 15 is 0 Å². The number of aromatic nitrogens is 1. The van der Waals surface area contributed by atoms with Crippen molar-refractivity contribution in [3.8, 4) is 5.75 Å². The predicted molar refractivity (Wildman–Crippen MR) is 84.4 cm³/mol. The number of ether oxygens (including phenoxy) is 1. The zero-order valence-corrected chi connectivity index (χ0v) is 12.2. The zero-order chi connectivity index (χ0) is 14.2. The number of para-hydroxylation sites is 1. The van der Waals surface area contributed by atoms with Crippen LogP contribution in [0.4, 0.5) is 0 Å². The molecule has 1 aromatic carbocycles. The van der Waals surface area contributed by atoms with Gasteiger partial charge in [-0.25, -0.2) is 5.43 Å². The van der Waals surface area contributed by atoms with Gasteiger partial charge < -0.3 is 4.74 Å². The molecule has 0 saturated carbocycles. The maximum atomic E-state index is 5.82. The second-order valence-electron chi connectivity index (χ2n) is 5.11. The highest BCUT2D eigenvalue weighted by Crippen LogP contribution is 2.36. The lowest BCUT2D eigenvalue weighted by Gasteiger charge is -2.19. The largest absolute Gasteiger partial charge is 0.493 e. The molecule has 0 aliphatic carbocycles. The molecule has 3 N–H and O–H groups in total. The van der Waals surface area contributed by atoms with E-state index in [1.54, 1.807) is 11.3 Å². The van der Waals surface area contributed by atoms with E-state index in [0.717, 1.165) is 35.4 Å². The molecule has 0 radical (unpaired) electrons. The molecule has 2 aromatic heterocycles. The van der Waals surface area contributed by atoms with E-state index in [-0.39, 0.29) is 6.04 Å². The lowest BCUT2D eigenvalue weighted by atomic mass is 9.97. The van der Waals surface area contributed by atoms with Crippen molar-refractivity contribution in [2.24, 2.45) is 5.84 Å². The minimum absolute atomic E-state index is 0.114. The molecule has 1 unspecified atom stereocenters. The van der Waals surface area contributed by atoms with Crippen LogP contribution in [0.2, 0.25) is 0 Å². The van der Waals surface area contributed by atoms with Crippen LogP contribution in [0.1, 0.15) is 22.7 Å². The van der Waals surface area contributed by atoms with Crippen molar-refractivity contribution in [3.63, 3.8) is 0 Å². The Hall–Kier alpha value is -1.95. The number of pyridine rings is 1. The van der Waals surface area contributed by atoms with Gasteiger partial charge in [0.15, 0.2) is 0 Å². The summed E-state index contributed by atoms with van der Waals surface area (Å²) in [5.41, 5.74) is 7.30. The summed E-state index contributed by atoms with van der Waals surface area (Å²) in [5, 5.41) is 2.05. The normalized spacial score (nSPS) is 14.9. The monoisotopic (exact) mass is 297 g/mol. The van der Waals surface area contributed by atoms with Crippen molar-refractivity contribution in [2.45, 2.75) is 12.5 Å². The third kappa shape index (κ3) is 2.10. The van der Waals surface area contributed by atoms with Crippen LogP contribution in [0.15, 0.2) is 41.9 Å². The molecule has 5 heteroatoms. The predicted octanol–water partition coefficient (Wildman–Crippen LogP) is 2.78. The molecule has 0 fully saturated rings. The van der Waals surface area contributed by atoms with Gasteiger partial charge in [0.2, 0.25) is 0 Å². The number of hydrogen-bond acceptors (Lipinski definition) is 5. The smallest absolute Gasteiger partial charge is 0.127 e. The highest BCUT2D eigenvalue weighted by Gasteiger charge is 2.23. The molecule has 1 aliphatic heterocycles. The first-order valence-corrected chi connectivity index (χ1v) is 7.78. The van der Waals surface area contributed by atoms with Crippen LogP contribution in [-0.2, 0) is 6.42 Å². The molecule has 3 heterocycles. The second-order valence-corrected chi connectivity index (χ2v) is 6.05. The van der Waals surface area contributed by atoms with E-state index in [4.69, 9.17) is 10.6 Å². The van der Waals surface area contributed by atoms with Gasteiger partial charge in [-0.2, -0.15) is 0 Å². The second kappa shape index (κ2) is 5.11. The molecule has 3 aromatic rings. The van der Waals surface area contributed by atoms with E-state index in [0.29, 0.717) is 0 Å². The fraction of sp³-hybridized carbons (Fsp3) is 0.188. The topological polar surface area (TPSA) is 60.2 Å². The molecule has 106 valence electrons. The molecule has 0 amide bonds. The Morgan fingerprint density at radius 2 is 2.29 bits per heavy atom. The Kier molecular flexibility index (Phi) is 3.11. The number of nitrogens with one attached hydrogen (secondary N) is 1.